The average Bonchev–Trinajstić information content (AvgIpc) is 2.54. The van der Waals surface area contributed by atoms with Crippen LogP contribution in [0.2, 0.25) is 10.0 Å². The van der Waals surface area contributed by atoms with Crippen LogP contribution in [0.4, 0.5) is 0 Å². The van der Waals surface area contributed by atoms with Crippen molar-refractivity contribution in [1.29, 1.82) is 0 Å². The Morgan fingerprint density at radius 2 is 1.50 bits per heavy atom. The van der Waals surface area contributed by atoms with Gasteiger partial charge in [-0.15, -0.1) is 0 Å². The minimum absolute atomic E-state index is 0.00620. The van der Waals surface area contributed by atoms with Gasteiger partial charge in [0, 0.05) is 5.56 Å². The van der Waals surface area contributed by atoms with E-state index in [0.29, 0.717) is 16.1 Å². The Labute approximate surface area is 151 Å². The molecule has 0 aliphatic heterocycles. The van der Waals surface area contributed by atoms with E-state index in [1.807, 2.05) is 12.1 Å². The van der Waals surface area contributed by atoms with E-state index < -0.39 is 5.97 Å². The van der Waals surface area contributed by atoms with Crippen LogP contribution in [-0.4, -0.2) is 18.4 Å². The molecule has 0 radical (unpaired) electrons. The van der Waals surface area contributed by atoms with Gasteiger partial charge in [-0.25, -0.2) is 4.79 Å². The lowest BCUT2D eigenvalue weighted by atomic mass is 9.87. The van der Waals surface area contributed by atoms with Gasteiger partial charge in [0.25, 0.3) is 0 Å². The van der Waals surface area contributed by atoms with Crippen molar-refractivity contribution < 1.29 is 14.3 Å². The summed E-state index contributed by atoms with van der Waals surface area (Å²) in [6.07, 6.45) is 0. The Hall–Kier alpha value is -1.84. The molecule has 0 N–H and O–H groups in total. The molecule has 0 fully saturated rings. The first kappa shape index (κ1) is 18.5. The molecule has 2 aromatic rings. The topological polar surface area (TPSA) is 43.4 Å². The molecule has 3 nitrogen and oxygen atoms in total. The molecule has 0 aliphatic rings. The first-order valence-electron chi connectivity index (χ1n) is 7.44. The maximum atomic E-state index is 12.1. The van der Waals surface area contributed by atoms with Crippen molar-refractivity contribution in [2.75, 3.05) is 6.61 Å². The first-order valence-corrected chi connectivity index (χ1v) is 8.20. The number of ether oxygens (including phenoxy) is 1. The minimum Gasteiger partial charge on any atom is -0.454 e. The summed E-state index contributed by atoms with van der Waals surface area (Å²) in [5.74, 6) is -0.878. The van der Waals surface area contributed by atoms with Gasteiger partial charge in [0.2, 0.25) is 0 Å². The standard InChI is InChI=1S/C19H18Cl2O3/c1-19(2,3)14-7-4-12(5-8-14)18(23)24-11-17(22)13-6-9-15(20)16(21)10-13/h4-10H,11H2,1-3H3. The normalized spacial score (nSPS) is 11.2. The van der Waals surface area contributed by atoms with Crippen molar-refractivity contribution in [2.45, 2.75) is 26.2 Å². The second-order valence-corrected chi connectivity index (χ2v) is 7.27. The van der Waals surface area contributed by atoms with Gasteiger partial charge in [-0.05, 0) is 41.3 Å². The van der Waals surface area contributed by atoms with Crippen LogP contribution in [0.1, 0.15) is 47.1 Å². The van der Waals surface area contributed by atoms with E-state index in [1.54, 1.807) is 18.2 Å². The fraction of sp³-hybridized carbons (Fsp3) is 0.263. The lowest BCUT2D eigenvalue weighted by Gasteiger charge is -2.18. The molecule has 0 bridgehead atoms. The molecule has 126 valence electrons. The number of hydrogen-bond acceptors (Lipinski definition) is 3. The highest BCUT2D eigenvalue weighted by atomic mass is 35.5. The average molecular weight is 365 g/mol. The highest BCUT2D eigenvalue weighted by Crippen LogP contribution is 2.23. The van der Waals surface area contributed by atoms with Crippen molar-refractivity contribution in [3.8, 4) is 0 Å². The van der Waals surface area contributed by atoms with Crippen LogP contribution in [0.3, 0.4) is 0 Å². The van der Waals surface area contributed by atoms with Gasteiger partial charge in [0.1, 0.15) is 0 Å². The van der Waals surface area contributed by atoms with Crippen molar-refractivity contribution in [3.63, 3.8) is 0 Å². The lowest BCUT2D eigenvalue weighted by Crippen LogP contribution is -2.15. The number of benzene rings is 2. The summed E-state index contributed by atoms with van der Waals surface area (Å²) in [5, 5.41) is 0.649. The molecule has 0 atom stereocenters. The van der Waals surface area contributed by atoms with Gasteiger partial charge < -0.3 is 4.74 Å². The van der Waals surface area contributed by atoms with Gasteiger partial charge in [0.05, 0.1) is 15.6 Å². The first-order chi connectivity index (χ1) is 11.2. The van der Waals surface area contributed by atoms with Gasteiger partial charge >= 0.3 is 5.97 Å². The van der Waals surface area contributed by atoms with Gasteiger partial charge in [0.15, 0.2) is 12.4 Å². The van der Waals surface area contributed by atoms with E-state index >= 15 is 0 Å². The molecule has 0 amide bonds. The van der Waals surface area contributed by atoms with Gasteiger partial charge in [-0.1, -0.05) is 56.1 Å². The smallest absolute Gasteiger partial charge is 0.338 e. The number of halogens is 2. The SMILES string of the molecule is CC(C)(C)c1ccc(C(=O)OCC(=O)c2ccc(Cl)c(Cl)c2)cc1. The van der Waals surface area contributed by atoms with E-state index in [1.165, 1.54) is 12.1 Å². The maximum absolute atomic E-state index is 12.1. The van der Waals surface area contributed by atoms with Crippen LogP contribution < -0.4 is 0 Å². The number of hydrogen-bond donors (Lipinski definition) is 0. The van der Waals surface area contributed by atoms with Crippen molar-refractivity contribution in [3.05, 3.63) is 69.2 Å². The summed E-state index contributed by atoms with van der Waals surface area (Å²) in [4.78, 5) is 24.1. The Morgan fingerprint density at radius 3 is 2.04 bits per heavy atom. The quantitative estimate of drug-likeness (QED) is 0.543. The number of rotatable bonds is 4. The zero-order valence-electron chi connectivity index (χ0n) is 13.7. The number of ketones is 1. The highest BCUT2D eigenvalue weighted by molar-refractivity contribution is 6.42. The molecular weight excluding hydrogens is 347 g/mol. The number of carbonyl (C=O) groups excluding carboxylic acids is 2. The van der Waals surface area contributed by atoms with E-state index in [-0.39, 0.29) is 22.8 Å². The molecule has 0 aromatic heterocycles. The molecular formula is C19H18Cl2O3. The third-order valence-corrected chi connectivity index (χ3v) is 4.30. The molecule has 24 heavy (non-hydrogen) atoms. The molecule has 2 aromatic carbocycles. The molecule has 0 unspecified atom stereocenters. The summed E-state index contributed by atoms with van der Waals surface area (Å²) in [6, 6.07) is 11.7. The Morgan fingerprint density at radius 1 is 0.917 bits per heavy atom. The number of Topliss-reactive ketones (excluding diaryl/α,β-unsaturated/α-hetero) is 1. The number of carbonyl (C=O) groups is 2. The molecule has 0 heterocycles. The fourth-order valence-corrected chi connectivity index (χ4v) is 2.37. The molecule has 0 spiro atoms. The summed E-state index contributed by atoms with van der Waals surface area (Å²) >= 11 is 11.7. The van der Waals surface area contributed by atoms with Crippen LogP contribution >= 0.6 is 23.2 Å². The van der Waals surface area contributed by atoms with Crippen LogP contribution in [0.5, 0.6) is 0 Å². The fourth-order valence-electron chi connectivity index (χ4n) is 2.07. The Kier molecular flexibility index (Phi) is 5.68. The third-order valence-electron chi connectivity index (χ3n) is 3.56. The van der Waals surface area contributed by atoms with Crippen LogP contribution in [0.25, 0.3) is 0 Å². The van der Waals surface area contributed by atoms with Crippen LogP contribution in [-0.2, 0) is 10.2 Å². The molecule has 2 rings (SSSR count). The van der Waals surface area contributed by atoms with E-state index in [2.05, 4.69) is 20.8 Å². The minimum atomic E-state index is -0.538. The van der Waals surface area contributed by atoms with E-state index in [0.717, 1.165) is 5.56 Å². The summed E-state index contributed by atoms with van der Waals surface area (Å²) < 4.78 is 5.08. The number of esters is 1. The van der Waals surface area contributed by atoms with E-state index in [9.17, 15) is 9.59 Å². The van der Waals surface area contributed by atoms with E-state index in [4.69, 9.17) is 27.9 Å². The zero-order valence-corrected chi connectivity index (χ0v) is 15.2. The maximum Gasteiger partial charge on any atom is 0.338 e. The van der Waals surface area contributed by atoms with Crippen LogP contribution in [0, 0.1) is 0 Å². The predicted octanol–water partition coefficient (Wildman–Crippen LogP) is 5.33. The van der Waals surface area contributed by atoms with Crippen molar-refractivity contribution >= 4 is 35.0 Å². The largest absolute Gasteiger partial charge is 0.454 e. The molecule has 0 saturated carbocycles. The highest BCUT2D eigenvalue weighted by Gasteiger charge is 2.16. The molecule has 0 saturated heterocycles. The van der Waals surface area contributed by atoms with Crippen molar-refractivity contribution in [1.82, 2.24) is 0 Å². The zero-order chi connectivity index (χ0) is 17.9. The van der Waals surface area contributed by atoms with Crippen molar-refractivity contribution in [2.24, 2.45) is 0 Å². The third kappa shape index (κ3) is 4.59. The molecule has 0 aliphatic carbocycles. The van der Waals surface area contributed by atoms with Crippen LogP contribution in [0.15, 0.2) is 42.5 Å². The lowest BCUT2D eigenvalue weighted by molar-refractivity contribution is 0.0474. The monoisotopic (exact) mass is 364 g/mol. The van der Waals surface area contributed by atoms with Gasteiger partial charge in [-0.3, -0.25) is 4.79 Å². The summed E-state index contributed by atoms with van der Waals surface area (Å²) in [7, 11) is 0. The Bertz CT molecular complexity index is 759. The van der Waals surface area contributed by atoms with Gasteiger partial charge in [-0.2, -0.15) is 0 Å². The second-order valence-electron chi connectivity index (χ2n) is 6.46. The summed E-state index contributed by atoms with van der Waals surface area (Å²) in [5.41, 5.74) is 1.88. The molecule has 5 heteroatoms. The summed E-state index contributed by atoms with van der Waals surface area (Å²) in [6.45, 7) is 5.93. The predicted molar refractivity (Wildman–Crippen MR) is 96.2 cm³/mol. The Balaban J connectivity index is 1.99. The second kappa shape index (κ2) is 7.37.